The standard InChI is InChI=1S/C19H23N5/c20-13-18-19(22-9-8-21-18)23-14-16-6-5-7-17(12-16)15-24-10-3-1-2-4-11-24/h5-9,12H,1-4,10-11,14-15H2,(H,22,23). The van der Waals surface area contributed by atoms with Crippen LogP contribution >= 0.6 is 0 Å². The maximum absolute atomic E-state index is 9.07. The largest absolute Gasteiger partial charge is 0.364 e. The summed E-state index contributed by atoms with van der Waals surface area (Å²) in [4.78, 5) is 10.8. The van der Waals surface area contributed by atoms with Gasteiger partial charge in [-0.1, -0.05) is 37.1 Å². The van der Waals surface area contributed by atoms with E-state index in [1.54, 1.807) is 6.20 Å². The van der Waals surface area contributed by atoms with Crippen LogP contribution < -0.4 is 5.32 Å². The van der Waals surface area contributed by atoms with Crippen LogP contribution in [0.5, 0.6) is 0 Å². The highest BCUT2D eigenvalue weighted by atomic mass is 15.1. The summed E-state index contributed by atoms with van der Waals surface area (Å²) in [6, 6.07) is 10.7. The second-order valence-electron chi connectivity index (χ2n) is 6.23. The molecule has 0 saturated carbocycles. The van der Waals surface area contributed by atoms with Crippen molar-refractivity contribution in [2.24, 2.45) is 0 Å². The minimum absolute atomic E-state index is 0.332. The van der Waals surface area contributed by atoms with Gasteiger partial charge >= 0.3 is 0 Å². The lowest BCUT2D eigenvalue weighted by Crippen LogP contribution is -2.24. The van der Waals surface area contributed by atoms with Crippen molar-refractivity contribution >= 4 is 5.82 Å². The highest BCUT2D eigenvalue weighted by Crippen LogP contribution is 2.15. The third kappa shape index (κ3) is 4.53. The molecule has 0 bridgehead atoms. The highest BCUT2D eigenvalue weighted by Gasteiger charge is 2.10. The Balaban J connectivity index is 1.61. The van der Waals surface area contributed by atoms with E-state index in [0.29, 0.717) is 18.1 Å². The van der Waals surface area contributed by atoms with Crippen molar-refractivity contribution in [2.45, 2.75) is 38.8 Å². The molecule has 1 N–H and O–H groups in total. The molecular formula is C19H23N5. The van der Waals surface area contributed by atoms with Crippen LogP contribution in [0.2, 0.25) is 0 Å². The molecule has 2 heterocycles. The number of nitriles is 1. The number of nitrogens with one attached hydrogen (secondary N) is 1. The fraction of sp³-hybridized carbons (Fsp3) is 0.421. The topological polar surface area (TPSA) is 64.8 Å². The normalized spacial score (nSPS) is 15.5. The molecular weight excluding hydrogens is 298 g/mol. The molecule has 124 valence electrons. The van der Waals surface area contributed by atoms with Crippen molar-refractivity contribution in [1.29, 1.82) is 5.26 Å². The maximum atomic E-state index is 9.07. The van der Waals surface area contributed by atoms with Gasteiger partial charge in [0, 0.05) is 25.5 Å². The predicted octanol–water partition coefficient (Wildman–Crippen LogP) is 3.34. The van der Waals surface area contributed by atoms with Gasteiger partial charge in [0.05, 0.1) is 0 Å². The van der Waals surface area contributed by atoms with Gasteiger partial charge in [-0.3, -0.25) is 4.90 Å². The van der Waals surface area contributed by atoms with Gasteiger partial charge in [-0.2, -0.15) is 5.26 Å². The van der Waals surface area contributed by atoms with E-state index < -0.39 is 0 Å². The molecule has 0 amide bonds. The van der Waals surface area contributed by atoms with E-state index in [2.05, 4.69) is 50.5 Å². The summed E-state index contributed by atoms with van der Waals surface area (Å²) in [5.41, 5.74) is 2.87. The molecule has 1 aromatic heterocycles. The van der Waals surface area contributed by atoms with E-state index in [4.69, 9.17) is 5.26 Å². The van der Waals surface area contributed by atoms with E-state index >= 15 is 0 Å². The molecule has 1 aliphatic heterocycles. The zero-order valence-electron chi connectivity index (χ0n) is 13.9. The summed E-state index contributed by atoms with van der Waals surface area (Å²) in [5.74, 6) is 0.540. The van der Waals surface area contributed by atoms with Crippen LogP contribution in [0, 0.1) is 11.3 Å². The van der Waals surface area contributed by atoms with Crippen LogP contribution in [0.25, 0.3) is 0 Å². The quantitative estimate of drug-likeness (QED) is 0.915. The average Bonchev–Trinajstić information content (AvgIpc) is 2.89. The summed E-state index contributed by atoms with van der Waals surface area (Å²) in [5, 5.41) is 12.3. The molecule has 1 fully saturated rings. The smallest absolute Gasteiger partial charge is 0.182 e. The molecule has 0 radical (unpaired) electrons. The predicted molar refractivity (Wildman–Crippen MR) is 94.3 cm³/mol. The summed E-state index contributed by atoms with van der Waals surface area (Å²) >= 11 is 0. The summed E-state index contributed by atoms with van der Waals surface area (Å²) < 4.78 is 0. The van der Waals surface area contributed by atoms with Gasteiger partial charge in [0.25, 0.3) is 0 Å². The van der Waals surface area contributed by atoms with Gasteiger partial charge in [-0.15, -0.1) is 0 Å². The molecule has 0 atom stereocenters. The lowest BCUT2D eigenvalue weighted by atomic mass is 10.1. The van der Waals surface area contributed by atoms with Crippen LogP contribution in [0.4, 0.5) is 5.82 Å². The number of hydrogen-bond acceptors (Lipinski definition) is 5. The molecule has 3 rings (SSSR count). The Bertz CT molecular complexity index is 699. The van der Waals surface area contributed by atoms with Crippen molar-refractivity contribution in [3.05, 3.63) is 53.5 Å². The molecule has 0 unspecified atom stereocenters. The zero-order valence-corrected chi connectivity index (χ0v) is 13.9. The molecule has 0 spiro atoms. The van der Waals surface area contributed by atoms with Crippen LogP contribution in [0.15, 0.2) is 36.7 Å². The molecule has 2 aromatic rings. The van der Waals surface area contributed by atoms with Crippen molar-refractivity contribution in [3.8, 4) is 6.07 Å². The van der Waals surface area contributed by atoms with E-state index in [1.807, 2.05) is 0 Å². The van der Waals surface area contributed by atoms with Gasteiger partial charge in [0.2, 0.25) is 0 Å². The van der Waals surface area contributed by atoms with Crippen molar-refractivity contribution in [3.63, 3.8) is 0 Å². The second-order valence-corrected chi connectivity index (χ2v) is 6.23. The molecule has 0 aliphatic carbocycles. The van der Waals surface area contributed by atoms with Crippen LogP contribution in [-0.4, -0.2) is 28.0 Å². The van der Waals surface area contributed by atoms with E-state index in [-0.39, 0.29) is 0 Å². The number of likely N-dealkylation sites (tertiary alicyclic amines) is 1. The van der Waals surface area contributed by atoms with Gasteiger partial charge in [0.15, 0.2) is 11.5 Å². The van der Waals surface area contributed by atoms with Crippen molar-refractivity contribution in [2.75, 3.05) is 18.4 Å². The lowest BCUT2D eigenvalue weighted by Gasteiger charge is -2.20. The van der Waals surface area contributed by atoms with Gasteiger partial charge in [0.1, 0.15) is 6.07 Å². The second kappa shape index (κ2) is 8.42. The maximum Gasteiger partial charge on any atom is 0.182 e. The molecule has 1 aromatic carbocycles. The molecule has 5 nitrogen and oxygen atoms in total. The monoisotopic (exact) mass is 321 g/mol. The summed E-state index contributed by atoms with van der Waals surface area (Å²) in [7, 11) is 0. The Kier molecular flexibility index (Phi) is 5.75. The van der Waals surface area contributed by atoms with Crippen LogP contribution in [-0.2, 0) is 13.1 Å². The van der Waals surface area contributed by atoms with E-state index in [9.17, 15) is 0 Å². The van der Waals surface area contributed by atoms with E-state index in [1.165, 1.54) is 56.1 Å². The number of benzene rings is 1. The molecule has 24 heavy (non-hydrogen) atoms. The average molecular weight is 321 g/mol. The Morgan fingerprint density at radius 2 is 1.79 bits per heavy atom. The van der Waals surface area contributed by atoms with Crippen LogP contribution in [0.1, 0.15) is 42.5 Å². The van der Waals surface area contributed by atoms with Crippen molar-refractivity contribution < 1.29 is 0 Å². The first-order valence-corrected chi connectivity index (χ1v) is 8.60. The van der Waals surface area contributed by atoms with Gasteiger partial charge in [-0.25, -0.2) is 9.97 Å². The third-order valence-corrected chi connectivity index (χ3v) is 4.36. The number of nitrogens with zero attached hydrogens (tertiary/aromatic N) is 4. The Morgan fingerprint density at radius 1 is 1.04 bits per heavy atom. The first-order valence-electron chi connectivity index (χ1n) is 8.60. The fourth-order valence-electron chi connectivity index (χ4n) is 3.13. The number of rotatable bonds is 5. The fourth-order valence-corrected chi connectivity index (χ4v) is 3.13. The molecule has 1 aliphatic rings. The molecule has 5 heteroatoms. The number of hydrogen-bond donors (Lipinski definition) is 1. The minimum Gasteiger partial charge on any atom is -0.364 e. The number of aromatic nitrogens is 2. The van der Waals surface area contributed by atoms with Crippen molar-refractivity contribution in [1.82, 2.24) is 14.9 Å². The SMILES string of the molecule is N#Cc1nccnc1NCc1cccc(CN2CCCCCC2)c1. The first-order chi connectivity index (χ1) is 11.8. The Morgan fingerprint density at radius 3 is 2.58 bits per heavy atom. The Labute approximate surface area is 143 Å². The summed E-state index contributed by atoms with van der Waals surface area (Å²) in [6.07, 6.45) is 8.47. The highest BCUT2D eigenvalue weighted by molar-refractivity contribution is 5.47. The summed E-state index contributed by atoms with van der Waals surface area (Å²) in [6.45, 7) is 4.06. The van der Waals surface area contributed by atoms with Gasteiger partial charge < -0.3 is 5.32 Å². The van der Waals surface area contributed by atoms with Gasteiger partial charge in [-0.05, 0) is 37.1 Å². The third-order valence-electron chi connectivity index (χ3n) is 4.36. The Hall–Kier alpha value is -2.45. The minimum atomic E-state index is 0.332. The molecule has 1 saturated heterocycles. The first kappa shape index (κ1) is 16.4. The lowest BCUT2D eigenvalue weighted by molar-refractivity contribution is 0.277. The van der Waals surface area contributed by atoms with E-state index in [0.717, 1.165) is 6.54 Å². The number of anilines is 1. The van der Waals surface area contributed by atoms with Crippen LogP contribution in [0.3, 0.4) is 0 Å². The zero-order chi connectivity index (χ0) is 16.6.